The van der Waals surface area contributed by atoms with Crippen LogP contribution in [0.3, 0.4) is 0 Å². The highest BCUT2D eigenvalue weighted by Crippen LogP contribution is 2.31. The van der Waals surface area contributed by atoms with Gasteiger partial charge in [-0.15, -0.1) is 0 Å². The Balaban J connectivity index is 1.33. The Hall–Kier alpha value is -3.39. The zero-order valence-corrected chi connectivity index (χ0v) is 20.6. The molecule has 0 heterocycles. The third kappa shape index (κ3) is 6.43. The van der Waals surface area contributed by atoms with Crippen LogP contribution >= 0.6 is 0 Å². The minimum absolute atomic E-state index is 0.101. The number of amides is 1. The van der Waals surface area contributed by atoms with Crippen LogP contribution in [0.2, 0.25) is 0 Å². The van der Waals surface area contributed by atoms with Crippen LogP contribution in [0.4, 0.5) is 0 Å². The second-order valence-electron chi connectivity index (χ2n) is 10.3. The van der Waals surface area contributed by atoms with Crippen molar-refractivity contribution in [3.8, 4) is 11.5 Å². The molecule has 7 nitrogen and oxygen atoms in total. The van der Waals surface area contributed by atoms with Crippen molar-refractivity contribution in [1.82, 2.24) is 10.6 Å². The van der Waals surface area contributed by atoms with Crippen LogP contribution in [0.5, 0.6) is 11.5 Å². The predicted molar refractivity (Wildman–Crippen MR) is 138 cm³/mol. The Labute approximate surface area is 211 Å². The minimum Gasteiger partial charge on any atom is -0.508 e. The molecule has 36 heavy (non-hydrogen) atoms. The molecule has 190 valence electrons. The molecule has 6 N–H and O–H groups in total. The average Bonchev–Trinajstić information content (AvgIpc) is 3.11. The first-order valence-electron chi connectivity index (χ1n) is 12.2. The van der Waals surface area contributed by atoms with Crippen LogP contribution in [0.1, 0.15) is 53.8 Å². The maximum Gasteiger partial charge on any atom is 0.224 e. The van der Waals surface area contributed by atoms with E-state index in [4.69, 9.17) is 0 Å². The van der Waals surface area contributed by atoms with Gasteiger partial charge in [-0.05, 0) is 60.2 Å². The molecule has 0 saturated heterocycles. The van der Waals surface area contributed by atoms with Gasteiger partial charge in [0.25, 0.3) is 0 Å². The quantitative estimate of drug-likeness (QED) is 0.274. The summed E-state index contributed by atoms with van der Waals surface area (Å²) in [6.45, 7) is 4.29. The first kappa shape index (κ1) is 25.7. The number of benzene rings is 3. The molecule has 0 fully saturated rings. The second kappa shape index (κ2) is 10.7. The highest BCUT2D eigenvalue weighted by Gasteiger charge is 2.31. The van der Waals surface area contributed by atoms with E-state index >= 15 is 0 Å². The fraction of sp³-hybridized carbons (Fsp3) is 0.345. The fourth-order valence-corrected chi connectivity index (χ4v) is 4.88. The van der Waals surface area contributed by atoms with E-state index in [2.05, 4.69) is 10.6 Å². The van der Waals surface area contributed by atoms with Crippen molar-refractivity contribution >= 4 is 5.91 Å². The van der Waals surface area contributed by atoms with Gasteiger partial charge in [-0.1, -0.05) is 48.5 Å². The van der Waals surface area contributed by atoms with Gasteiger partial charge in [-0.25, -0.2) is 0 Å². The van der Waals surface area contributed by atoms with E-state index in [1.54, 1.807) is 0 Å². The number of carbonyl (C=O) groups is 1. The van der Waals surface area contributed by atoms with Crippen molar-refractivity contribution in [3.63, 3.8) is 0 Å². The maximum absolute atomic E-state index is 12.8. The molecular formula is C29H34N2O5. The minimum atomic E-state index is -0.895. The van der Waals surface area contributed by atoms with E-state index in [-0.39, 0.29) is 42.0 Å². The number of aromatic hydroxyl groups is 2. The summed E-state index contributed by atoms with van der Waals surface area (Å²) in [5, 5.41) is 46.6. The molecule has 7 heteroatoms. The molecule has 1 aliphatic rings. The number of β-amino-alcohol motifs (C(OH)–C–C–N with tert-alkyl or cyclic N) is 1. The summed E-state index contributed by atoms with van der Waals surface area (Å²) < 4.78 is 0. The number of carbonyl (C=O) groups excluding carboxylic acids is 1. The fourth-order valence-electron chi connectivity index (χ4n) is 4.88. The number of aliphatic hydroxyl groups is 2. The van der Waals surface area contributed by atoms with E-state index in [9.17, 15) is 25.2 Å². The maximum atomic E-state index is 12.8. The highest BCUT2D eigenvalue weighted by molar-refractivity contribution is 5.79. The van der Waals surface area contributed by atoms with Gasteiger partial charge in [0.05, 0.1) is 24.7 Å². The van der Waals surface area contributed by atoms with Crippen molar-refractivity contribution in [2.45, 2.75) is 56.9 Å². The molecule has 1 unspecified atom stereocenters. The Kier molecular flexibility index (Phi) is 7.64. The summed E-state index contributed by atoms with van der Waals surface area (Å²) in [7, 11) is 0. The van der Waals surface area contributed by atoms with Crippen molar-refractivity contribution in [3.05, 3.63) is 94.5 Å². The topological polar surface area (TPSA) is 122 Å². The lowest BCUT2D eigenvalue weighted by molar-refractivity contribution is -0.121. The lowest BCUT2D eigenvalue weighted by Gasteiger charge is -2.28. The van der Waals surface area contributed by atoms with Gasteiger partial charge in [0.2, 0.25) is 5.91 Å². The van der Waals surface area contributed by atoms with Crippen molar-refractivity contribution < 1.29 is 25.2 Å². The monoisotopic (exact) mass is 490 g/mol. The van der Waals surface area contributed by atoms with Crippen LogP contribution in [0.25, 0.3) is 0 Å². The van der Waals surface area contributed by atoms with Gasteiger partial charge in [0.15, 0.2) is 0 Å². The first-order valence-corrected chi connectivity index (χ1v) is 12.2. The van der Waals surface area contributed by atoms with Gasteiger partial charge < -0.3 is 31.1 Å². The molecule has 1 aliphatic carbocycles. The van der Waals surface area contributed by atoms with Crippen molar-refractivity contribution in [2.75, 3.05) is 6.54 Å². The molecule has 0 aromatic heterocycles. The average molecular weight is 491 g/mol. The summed E-state index contributed by atoms with van der Waals surface area (Å²) >= 11 is 0. The third-order valence-corrected chi connectivity index (χ3v) is 6.61. The van der Waals surface area contributed by atoms with Crippen LogP contribution in [-0.4, -0.2) is 44.5 Å². The number of hydrogen-bond donors (Lipinski definition) is 6. The van der Waals surface area contributed by atoms with Crippen LogP contribution in [0, 0.1) is 0 Å². The molecule has 3 atom stereocenters. The van der Waals surface area contributed by atoms with E-state index in [0.717, 1.165) is 22.3 Å². The zero-order chi connectivity index (χ0) is 25.9. The Morgan fingerprint density at radius 3 is 2.44 bits per heavy atom. The lowest BCUT2D eigenvalue weighted by Crippen LogP contribution is -2.43. The Bertz CT molecular complexity index is 1210. The summed E-state index contributed by atoms with van der Waals surface area (Å²) in [5.41, 5.74) is 4.04. The molecule has 0 spiro atoms. The van der Waals surface area contributed by atoms with Crippen molar-refractivity contribution in [2.24, 2.45) is 0 Å². The third-order valence-electron chi connectivity index (χ3n) is 6.61. The highest BCUT2D eigenvalue weighted by atomic mass is 16.3. The first-order chi connectivity index (χ1) is 17.1. The SMILES string of the molecule is CC(C)(Cc1cccc(CC(=O)N[C@H]2c3ccccc3C[C@H]2O)c1)NCC(O)c1cc(O)cc(O)c1. The second-order valence-corrected chi connectivity index (χ2v) is 10.3. The molecule has 4 rings (SSSR count). The molecule has 1 amide bonds. The van der Waals surface area contributed by atoms with Crippen molar-refractivity contribution in [1.29, 1.82) is 0 Å². The lowest BCUT2D eigenvalue weighted by atomic mass is 9.93. The van der Waals surface area contributed by atoms with Crippen LogP contribution in [0.15, 0.2) is 66.7 Å². The van der Waals surface area contributed by atoms with Gasteiger partial charge >= 0.3 is 0 Å². The smallest absolute Gasteiger partial charge is 0.224 e. The predicted octanol–water partition coefficient (Wildman–Crippen LogP) is 3.06. The van der Waals surface area contributed by atoms with Gasteiger partial charge in [0, 0.05) is 24.6 Å². The molecule has 0 radical (unpaired) electrons. The molecule has 0 saturated carbocycles. The summed E-state index contributed by atoms with van der Waals surface area (Å²) in [6, 6.07) is 19.3. The number of nitrogens with one attached hydrogen (secondary N) is 2. The number of fused-ring (bicyclic) bond motifs is 1. The zero-order valence-electron chi connectivity index (χ0n) is 20.6. The van der Waals surface area contributed by atoms with E-state index < -0.39 is 12.2 Å². The number of hydrogen-bond acceptors (Lipinski definition) is 6. The number of phenols is 2. The van der Waals surface area contributed by atoms with Gasteiger partial charge in [0.1, 0.15) is 11.5 Å². The number of phenolic OH excluding ortho intramolecular Hbond substituents is 2. The largest absolute Gasteiger partial charge is 0.508 e. The Morgan fingerprint density at radius 1 is 1.00 bits per heavy atom. The standard InChI is InChI=1S/C29H34N2O5/c1-29(2,30-17-26(35)21-12-22(32)15-23(33)13-21)16-19-7-5-6-18(10-19)11-27(36)31-28-24-9-4-3-8-20(24)14-25(28)34/h3-10,12-13,15,25-26,28,30,32-35H,11,14,16-17H2,1-2H3,(H,31,36)/t25-,26?,28+/m1/s1. The van der Waals surface area contributed by atoms with Crippen LogP contribution in [-0.2, 0) is 24.1 Å². The molecule has 3 aromatic carbocycles. The molecule has 0 aliphatic heterocycles. The Morgan fingerprint density at radius 2 is 1.69 bits per heavy atom. The summed E-state index contributed by atoms with van der Waals surface area (Å²) in [5.74, 6) is -0.339. The van der Waals surface area contributed by atoms with E-state index in [1.807, 2.05) is 62.4 Å². The summed E-state index contributed by atoms with van der Waals surface area (Å²) in [4.78, 5) is 12.8. The van der Waals surface area contributed by atoms with Gasteiger partial charge in [-0.2, -0.15) is 0 Å². The number of aliphatic hydroxyl groups excluding tert-OH is 2. The molecule has 3 aromatic rings. The van der Waals surface area contributed by atoms with E-state index in [0.29, 0.717) is 18.4 Å². The van der Waals surface area contributed by atoms with Crippen LogP contribution < -0.4 is 10.6 Å². The number of rotatable bonds is 9. The normalized spacial score (nSPS) is 18.0. The van der Waals surface area contributed by atoms with E-state index in [1.165, 1.54) is 18.2 Å². The van der Waals surface area contributed by atoms with Gasteiger partial charge in [-0.3, -0.25) is 4.79 Å². The summed E-state index contributed by atoms with van der Waals surface area (Å²) in [6.07, 6.45) is -0.0980. The molecule has 0 bridgehead atoms. The molecular weight excluding hydrogens is 456 g/mol.